The van der Waals surface area contributed by atoms with Gasteiger partial charge in [0.25, 0.3) is 5.91 Å². The highest BCUT2D eigenvalue weighted by Gasteiger charge is 2.52. The van der Waals surface area contributed by atoms with Gasteiger partial charge in [0.15, 0.2) is 5.72 Å². The van der Waals surface area contributed by atoms with Crippen molar-refractivity contribution in [1.29, 1.82) is 0 Å². The zero-order valence-electron chi connectivity index (χ0n) is 18.9. The van der Waals surface area contributed by atoms with Crippen LogP contribution in [-0.2, 0) is 5.72 Å². The third-order valence-electron chi connectivity index (χ3n) is 6.48. The molecule has 1 aromatic heterocycles. The van der Waals surface area contributed by atoms with Gasteiger partial charge in [-0.1, -0.05) is 54.6 Å². The maximum Gasteiger partial charge on any atom is 0.321 e. The highest BCUT2D eigenvalue weighted by molar-refractivity contribution is 6.01. The smallest absolute Gasteiger partial charge is 0.321 e. The molecule has 1 unspecified atom stereocenters. The molecule has 0 bridgehead atoms. The summed E-state index contributed by atoms with van der Waals surface area (Å²) in [6.45, 7) is 4.06. The molecule has 1 aliphatic rings. The van der Waals surface area contributed by atoms with E-state index < -0.39 is 17.8 Å². The van der Waals surface area contributed by atoms with Crippen molar-refractivity contribution in [2.24, 2.45) is 5.73 Å². The van der Waals surface area contributed by atoms with E-state index >= 15 is 0 Å². The number of aromatic amines is 1. The van der Waals surface area contributed by atoms with Crippen LogP contribution in [0.3, 0.4) is 0 Å². The van der Waals surface area contributed by atoms with Gasteiger partial charge in [0.2, 0.25) is 5.95 Å². The van der Waals surface area contributed by atoms with E-state index in [1.54, 1.807) is 43.3 Å². The van der Waals surface area contributed by atoms with E-state index in [1.807, 2.05) is 43.3 Å². The number of carbonyl (C=O) groups is 2. The van der Waals surface area contributed by atoms with E-state index in [0.29, 0.717) is 40.2 Å². The zero-order valence-corrected chi connectivity index (χ0v) is 18.9. The molecule has 0 aliphatic carbocycles. The molecule has 2 heterocycles. The monoisotopic (exact) mass is 455 g/mol. The highest BCUT2D eigenvalue weighted by Crippen LogP contribution is 2.47. The average Bonchev–Trinajstić information content (AvgIpc) is 3.36. The molecule has 3 aromatic carbocycles. The van der Waals surface area contributed by atoms with Crippen molar-refractivity contribution in [3.63, 3.8) is 0 Å². The Morgan fingerprint density at radius 2 is 1.85 bits per heavy atom. The van der Waals surface area contributed by atoms with Crippen molar-refractivity contribution in [2.45, 2.75) is 25.6 Å². The minimum atomic E-state index is -1.70. The normalized spacial score (nSPS) is 18.2. The Kier molecular flexibility index (Phi) is 5.10. The van der Waals surface area contributed by atoms with Gasteiger partial charge in [0.1, 0.15) is 0 Å². The first-order valence-corrected chi connectivity index (χ1v) is 11.1. The van der Waals surface area contributed by atoms with Gasteiger partial charge in [-0.2, -0.15) is 0 Å². The SMILES string of the molecule is CCN(C(N)=O)c1nc2cc(C3(O)c4ccccc4C(=O)N3[C@H](C)c3ccccc3)ccc2[nH]1. The van der Waals surface area contributed by atoms with Gasteiger partial charge in [-0.25, -0.2) is 9.78 Å². The number of nitrogens with zero attached hydrogens (tertiary/aromatic N) is 3. The number of anilines is 1. The molecule has 0 radical (unpaired) electrons. The van der Waals surface area contributed by atoms with Crippen LogP contribution in [0.15, 0.2) is 72.8 Å². The predicted molar refractivity (Wildman–Crippen MR) is 129 cm³/mol. The topological polar surface area (TPSA) is 116 Å². The molecule has 4 N–H and O–H groups in total. The molecular formula is C26H25N5O3. The third kappa shape index (κ3) is 3.14. The van der Waals surface area contributed by atoms with Crippen LogP contribution in [0, 0.1) is 0 Å². The molecule has 0 saturated heterocycles. The number of primary amides is 1. The van der Waals surface area contributed by atoms with Crippen LogP contribution in [-0.4, -0.2) is 38.5 Å². The van der Waals surface area contributed by atoms with Crippen molar-refractivity contribution < 1.29 is 14.7 Å². The number of rotatable bonds is 5. The number of hydrogen-bond donors (Lipinski definition) is 3. The lowest BCUT2D eigenvalue weighted by Crippen LogP contribution is -2.46. The molecule has 34 heavy (non-hydrogen) atoms. The van der Waals surface area contributed by atoms with Gasteiger partial charge in [-0.15, -0.1) is 0 Å². The summed E-state index contributed by atoms with van der Waals surface area (Å²) in [5.74, 6) is 0.0784. The first kappa shape index (κ1) is 21.7. The van der Waals surface area contributed by atoms with Gasteiger partial charge in [0.05, 0.1) is 17.1 Å². The van der Waals surface area contributed by atoms with Crippen LogP contribution in [0.1, 0.15) is 46.9 Å². The molecule has 8 heteroatoms. The fourth-order valence-corrected chi connectivity index (χ4v) is 4.76. The van der Waals surface area contributed by atoms with E-state index in [2.05, 4.69) is 9.97 Å². The molecule has 8 nitrogen and oxygen atoms in total. The van der Waals surface area contributed by atoms with E-state index in [4.69, 9.17) is 5.73 Å². The van der Waals surface area contributed by atoms with Crippen molar-refractivity contribution in [1.82, 2.24) is 14.9 Å². The summed E-state index contributed by atoms with van der Waals surface area (Å²) in [6.07, 6.45) is 0. The van der Waals surface area contributed by atoms with Crippen molar-refractivity contribution in [3.05, 3.63) is 95.1 Å². The first-order valence-electron chi connectivity index (χ1n) is 11.1. The molecule has 0 saturated carbocycles. The van der Waals surface area contributed by atoms with Gasteiger partial charge in [0, 0.05) is 23.2 Å². The van der Waals surface area contributed by atoms with Gasteiger partial charge in [-0.3, -0.25) is 14.6 Å². The lowest BCUT2D eigenvalue weighted by Gasteiger charge is -2.39. The fourth-order valence-electron chi connectivity index (χ4n) is 4.76. The number of nitrogens with one attached hydrogen (secondary N) is 1. The summed E-state index contributed by atoms with van der Waals surface area (Å²) in [4.78, 5) is 35.8. The number of aromatic nitrogens is 2. The lowest BCUT2D eigenvalue weighted by molar-refractivity contribution is -0.0676. The summed E-state index contributed by atoms with van der Waals surface area (Å²) >= 11 is 0. The summed E-state index contributed by atoms with van der Waals surface area (Å²) in [5, 5.41) is 12.3. The molecule has 0 spiro atoms. The van der Waals surface area contributed by atoms with Gasteiger partial charge >= 0.3 is 6.03 Å². The van der Waals surface area contributed by atoms with Gasteiger partial charge in [-0.05, 0) is 37.6 Å². The molecular weight excluding hydrogens is 430 g/mol. The largest absolute Gasteiger partial charge is 0.363 e. The average molecular weight is 456 g/mol. The Morgan fingerprint density at radius 3 is 2.56 bits per heavy atom. The molecule has 172 valence electrons. The summed E-state index contributed by atoms with van der Waals surface area (Å²) in [7, 11) is 0. The van der Waals surface area contributed by atoms with E-state index in [-0.39, 0.29) is 5.91 Å². The fraction of sp³-hybridized carbons (Fsp3) is 0.192. The molecule has 2 atom stereocenters. The highest BCUT2D eigenvalue weighted by atomic mass is 16.3. The second-order valence-corrected chi connectivity index (χ2v) is 8.35. The number of aliphatic hydroxyl groups is 1. The number of fused-ring (bicyclic) bond motifs is 2. The molecule has 1 aliphatic heterocycles. The summed E-state index contributed by atoms with van der Waals surface area (Å²) in [5.41, 5.74) is 7.38. The standard InChI is InChI=1S/C26H25N5O3/c1-3-30(24(27)33)25-28-21-14-13-18(15-22(21)29-25)26(34)20-12-8-7-11-19(20)23(32)31(26)16(2)17-9-5-4-6-10-17/h4-16,34H,3H2,1-2H3,(H2,27,33)(H,28,29)/t16-,26?/m1/s1. The number of urea groups is 1. The van der Waals surface area contributed by atoms with Crippen LogP contribution in [0.25, 0.3) is 11.0 Å². The summed E-state index contributed by atoms with van der Waals surface area (Å²) in [6, 6.07) is 21.0. The van der Waals surface area contributed by atoms with Crippen LogP contribution >= 0.6 is 0 Å². The van der Waals surface area contributed by atoms with Crippen LogP contribution in [0.2, 0.25) is 0 Å². The maximum absolute atomic E-state index is 13.6. The van der Waals surface area contributed by atoms with Crippen molar-refractivity contribution >= 4 is 28.9 Å². The minimum absolute atomic E-state index is 0.247. The Morgan fingerprint density at radius 1 is 1.15 bits per heavy atom. The second-order valence-electron chi connectivity index (χ2n) is 8.35. The lowest BCUT2D eigenvalue weighted by atomic mass is 9.92. The maximum atomic E-state index is 13.6. The Bertz CT molecular complexity index is 1400. The summed E-state index contributed by atoms with van der Waals surface area (Å²) < 4.78 is 0. The van der Waals surface area contributed by atoms with Crippen molar-refractivity contribution in [3.8, 4) is 0 Å². The molecule has 4 aromatic rings. The Labute approximate surface area is 196 Å². The Balaban J connectivity index is 1.67. The molecule has 0 fully saturated rings. The molecule has 3 amide bonds. The minimum Gasteiger partial charge on any atom is -0.363 e. The Hall–Kier alpha value is -4.17. The number of amides is 3. The van der Waals surface area contributed by atoms with Crippen LogP contribution in [0.5, 0.6) is 0 Å². The van der Waals surface area contributed by atoms with Crippen LogP contribution in [0.4, 0.5) is 10.7 Å². The van der Waals surface area contributed by atoms with E-state index in [0.717, 1.165) is 5.56 Å². The number of imidazole rings is 1. The number of hydrogen-bond acceptors (Lipinski definition) is 4. The van der Waals surface area contributed by atoms with E-state index in [9.17, 15) is 14.7 Å². The quantitative estimate of drug-likeness (QED) is 0.423. The van der Waals surface area contributed by atoms with E-state index in [1.165, 1.54) is 9.80 Å². The number of H-pyrrole nitrogens is 1. The predicted octanol–water partition coefficient (Wildman–Crippen LogP) is 3.88. The van der Waals surface area contributed by atoms with Crippen LogP contribution < -0.4 is 10.6 Å². The van der Waals surface area contributed by atoms with Gasteiger partial charge < -0.3 is 15.8 Å². The first-order chi connectivity index (χ1) is 16.4. The second kappa shape index (κ2) is 8.00. The number of carbonyl (C=O) groups excluding carboxylic acids is 2. The number of benzene rings is 3. The molecule has 5 rings (SSSR count). The van der Waals surface area contributed by atoms with Crippen molar-refractivity contribution in [2.75, 3.05) is 11.4 Å². The third-order valence-corrected chi connectivity index (χ3v) is 6.48. The number of nitrogens with two attached hydrogens (primary N) is 1. The zero-order chi connectivity index (χ0) is 24.0.